The van der Waals surface area contributed by atoms with Crippen molar-refractivity contribution in [1.29, 1.82) is 0 Å². The van der Waals surface area contributed by atoms with Crippen LogP contribution in [0, 0.1) is 5.41 Å². The molecule has 0 saturated carbocycles. The minimum absolute atomic E-state index is 0.0155. The number of nitrogens with two attached hydrogens (primary N) is 1. The highest BCUT2D eigenvalue weighted by molar-refractivity contribution is 8.13. The molecular weight excluding hydrogens is 959 g/mol. The molecule has 2 aliphatic heterocycles. The third-order valence-electron chi connectivity index (χ3n) is 9.56. The molecule has 9 N–H and O–H groups in total. The van der Waals surface area contributed by atoms with Crippen molar-refractivity contribution < 1.29 is 105 Å². The Hall–Kier alpha value is -2.64. The van der Waals surface area contributed by atoms with Gasteiger partial charge in [0.1, 0.15) is 42.4 Å². The first-order valence-electron chi connectivity index (χ1n) is 19.5. The molecule has 2 aliphatic rings. The molecule has 370 valence electrons. The maximum Gasteiger partial charge on any atom is 0.274 e. The predicted molar refractivity (Wildman–Crippen MR) is 210 cm³/mol. The van der Waals surface area contributed by atoms with E-state index in [4.69, 9.17) is 19.9 Å². The number of hydrogen-bond donors (Lipinski definition) is 8. The topological polar surface area (TPSA) is 454 Å². The van der Waals surface area contributed by atoms with Crippen LogP contribution in [0.4, 0.5) is 5.82 Å². The van der Waals surface area contributed by atoms with Gasteiger partial charge in [0.2, 0.25) is 11.8 Å². The van der Waals surface area contributed by atoms with Gasteiger partial charge in [-0.2, -0.15) is 0 Å². The van der Waals surface area contributed by atoms with E-state index in [0.29, 0.717) is 0 Å². The van der Waals surface area contributed by atoms with Gasteiger partial charge in [-0.1, -0.05) is 25.6 Å². The molecule has 0 aromatic carbocycles. The van der Waals surface area contributed by atoms with Crippen LogP contribution in [0.1, 0.15) is 52.7 Å². The number of rotatable bonds is 25. The van der Waals surface area contributed by atoms with Gasteiger partial charge in [-0.25, -0.2) is 19.3 Å². The van der Waals surface area contributed by atoms with E-state index in [1.807, 2.05) is 0 Å². The molecule has 12 atom stereocenters. The Morgan fingerprint density at radius 2 is 1.71 bits per heavy atom. The van der Waals surface area contributed by atoms with E-state index in [1.165, 1.54) is 13.8 Å². The first-order chi connectivity index (χ1) is 30.2. The number of ether oxygens (including phenoxy) is 3. The van der Waals surface area contributed by atoms with Crippen molar-refractivity contribution in [1.82, 2.24) is 30.2 Å². The summed E-state index contributed by atoms with van der Waals surface area (Å²) in [7, 11) is -17.7. The van der Waals surface area contributed by atoms with Crippen LogP contribution in [0.25, 0.3) is 11.2 Å². The van der Waals surface area contributed by atoms with Crippen LogP contribution in [0.3, 0.4) is 0 Å². The van der Waals surface area contributed by atoms with Crippen molar-refractivity contribution in [2.75, 3.05) is 44.4 Å². The average Bonchev–Trinajstić information content (AvgIpc) is 3.76. The lowest BCUT2D eigenvalue weighted by Gasteiger charge is -2.36. The number of anilines is 1. The lowest BCUT2D eigenvalue weighted by atomic mass is 9.87. The molecule has 2 aromatic rings. The summed E-state index contributed by atoms with van der Waals surface area (Å²) in [5.41, 5.74) is 3.99. The summed E-state index contributed by atoms with van der Waals surface area (Å²) in [5, 5.41) is 55.6. The Morgan fingerprint density at radius 1 is 1.02 bits per heavy atom. The van der Waals surface area contributed by atoms with Crippen molar-refractivity contribution in [3.05, 3.63) is 12.7 Å². The normalized spacial score (nSPS) is 26.8. The third-order valence-corrected chi connectivity index (χ3v) is 13.5. The Labute approximate surface area is 374 Å². The quantitative estimate of drug-likeness (QED) is 0.0341. The lowest BCUT2D eigenvalue weighted by molar-refractivity contribution is -0.347. The van der Waals surface area contributed by atoms with Crippen LogP contribution in [-0.4, -0.2) is 156 Å². The first-order valence-corrected chi connectivity index (χ1v) is 24.8. The number of phosphoric acid groups is 3. The molecule has 33 heteroatoms. The maximum atomic E-state index is 12.6. The Bertz CT molecular complexity index is 2080. The Balaban J connectivity index is 1.14. The number of aliphatic hydroxyl groups is 5. The molecule has 0 aliphatic carbocycles. The minimum atomic E-state index is -5.95. The fourth-order valence-electron chi connectivity index (χ4n) is 6.04. The first kappa shape index (κ1) is 55.0. The van der Waals surface area contributed by atoms with Crippen LogP contribution in [0.2, 0.25) is 0 Å². The highest BCUT2D eigenvalue weighted by atomic mass is 32.2. The molecule has 2 unspecified atom stereocenters. The number of aliphatic hydroxyl groups excluding tert-OH is 5. The van der Waals surface area contributed by atoms with Gasteiger partial charge < -0.3 is 93.8 Å². The highest BCUT2D eigenvalue weighted by Crippen LogP contribution is 2.56. The monoisotopic (exact) mass is 1010 g/mol. The number of fused-ring (bicyclic) bond motifs is 1. The number of hydrogen-bond acceptors (Lipinski definition) is 27. The fourth-order valence-corrected chi connectivity index (χ4v) is 9.52. The molecule has 2 fully saturated rings. The molecule has 0 spiro atoms. The third kappa shape index (κ3) is 16.8. The number of amides is 2. The zero-order valence-electron chi connectivity index (χ0n) is 34.8. The summed E-state index contributed by atoms with van der Waals surface area (Å²) in [6.07, 6.45) is -12.3. The second-order valence-corrected chi connectivity index (χ2v) is 20.5. The summed E-state index contributed by atoms with van der Waals surface area (Å²) in [6.45, 7) is 1.37. The van der Waals surface area contributed by atoms with E-state index in [2.05, 4.69) is 43.5 Å². The zero-order valence-corrected chi connectivity index (χ0v) is 38.3. The van der Waals surface area contributed by atoms with Gasteiger partial charge in [-0.15, -0.1) is 0 Å². The van der Waals surface area contributed by atoms with Crippen molar-refractivity contribution in [3.63, 3.8) is 0 Å². The standard InChI is InChI=1S/C32H54N7O22P3S/c1-16-18(41)11-19(42)31(58-16)55-8-5-17(40)10-22(44)65-9-7-34-21(43)4-6-35-29(47)26(46)32(2,3)13-57-64(53,54)61-63(51,52)56-12-20-25(60-62(48,49)50)24(45)30(59-20)39-15-38-23-27(33)36-14-37-28(23)39/h14-20,24-26,30-31,40-42,45-46H,4-13H2,1-3H3,(H,34,43)(H,35,47)(H,51,52)(H,53,54)(H2,33,36,37)(H2,48,49,50)/p-4/t16-,17+,18+,19+,20+,24+,25+,26-,30+,31+/m0/s1. The molecule has 4 rings (SSSR count). The summed E-state index contributed by atoms with van der Waals surface area (Å²) in [4.78, 5) is 96.6. The number of carbonyl (C=O) groups is 3. The van der Waals surface area contributed by atoms with Crippen LogP contribution >= 0.6 is 35.2 Å². The molecule has 2 saturated heterocycles. The van der Waals surface area contributed by atoms with Crippen molar-refractivity contribution in [2.24, 2.45) is 5.41 Å². The number of nitrogen functional groups attached to an aromatic ring is 1. The average molecular weight is 1010 g/mol. The zero-order chi connectivity index (χ0) is 48.5. The molecule has 29 nitrogen and oxygen atoms in total. The number of nitrogens with one attached hydrogen (secondary N) is 2. The fraction of sp³-hybridized carbons (Fsp3) is 0.750. The van der Waals surface area contributed by atoms with E-state index in [9.17, 15) is 73.2 Å². The summed E-state index contributed by atoms with van der Waals surface area (Å²) >= 11 is 0.856. The molecule has 4 heterocycles. The van der Waals surface area contributed by atoms with Crippen molar-refractivity contribution in [3.8, 4) is 0 Å². The van der Waals surface area contributed by atoms with E-state index < -0.39 is 115 Å². The summed E-state index contributed by atoms with van der Waals surface area (Å²) in [5.74, 6) is -1.55. The second kappa shape index (κ2) is 23.6. The Kier molecular flexibility index (Phi) is 19.9. The van der Waals surface area contributed by atoms with E-state index in [-0.39, 0.29) is 73.2 Å². The Morgan fingerprint density at radius 3 is 2.40 bits per heavy atom. The molecule has 65 heavy (non-hydrogen) atoms. The van der Waals surface area contributed by atoms with Gasteiger partial charge in [-0.3, -0.25) is 28.1 Å². The van der Waals surface area contributed by atoms with Gasteiger partial charge in [-0.05, 0) is 13.3 Å². The summed E-state index contributed by atoms with van der Waals surface area (Å²) in [6, 6.07) is 0. The largest absolute Gasteiger partial charge is 0.790 e. The molecular formula is C32H50N7O22P3S-4. The molecule has 2 amide bonds. The van der Waals surface area contributed by atoms with Crippen LogP contribution in [0.15, 0.2) is 12.7 Å². The second-order valence-electron chi connectivity index (χ2n) is 15.3. The van der Waals surface area contributed by atoms with Crippen LogP contribution < -0.4 is 35.9 Å². The SMILES string of the molecule is C[C@@H]1O[C@@H](OCC[C@@H](O)CC(=O)SCCNC(=O)CCNC(=O)[C@H](O)C(C)(C)COP(=O)([O-])OP(=O)([O-])OC[C@H]2O[C@@H](n3cnc4c(N)ncnc43)[C@H](O)[C@@H]2OP(=O)([O-])[O-])[C@H](O)C[C@H]1O. The minimum Gasteiger partial charge on any atom is -0.790 e. The van der Waals surface area contributed by atoms with E-state index in [0.717, 1.165) is 29.0 Å². The summed E-state index contributed by atoms with van der Waals surface area (Å²) < 4.78 is 71.4. The molecule has 0 bridgehead atoms. The highest BCUT2D eigenvalue weighted by Gasteiger charge is 2.47. The van der Waals surface area contributed by atoms with E-state index in [1.54, 1.807) is 6.92 Å². The number of aromatic nitrogens is 4. The smallest absolute Gasteiger partial charge is 0.274 e. The van der Waals surface area contributed by atoms with Gasteiger partial charge in [0.25, 0.3) is 15.6 Å². The van der Waals surface area contributed by atoms with Gasteiger partial charge >= 0.3 is 0 Å². The van der Waals surface area contributed by atoms with Crippen LogP contribution in [0.5, 0.6) is 0 Å². The predicted octanol–water partition coefficient (Wildman–Crippen LogP) is -4.85. The maximum absolute atomic E-state index is 12.6. The lowest BCUT2D eigenvalue weighted by Crippen LogP contribution is -2.47. The van der Waals surface area contributed by atoms with Crippen molar-refractivity contribution >= 4 is 69.1 Å². The van der Waals surface area contributed by atoms with Crippen LogP contribution in [-0.2, 0) is 60.2 Å². The van der Waals surface area contributed by atoms with Gasteiger partial charge in [0, 0.05) is 43.5 Å². The molecule has 0 radical (unpaired) electrons. The van der Waals surface area contributed by atoms with Gasteiger partial charge in [0.05, 0.1) is 52.3 Å². The van der Waals surface area contributed by atoms with Gasteiger partial charge in [0.15, 0.2) is 29.1 Å². The number of thioether (sulfide) groups is 1. The van der Waals surface area contributed by atoms with Crippen molar-refractivity contribution in [2.45, 2.75) is 108 Å². The van der Waals surface area contributed by atoms with E-state index >= 15 is 0 Å². The number of phosphoric ester groups is 3. The number of carbonyl (C=O) groups excluding carboxylic acids is 3. The number of nitrogens with zero attached hydrogens (tertiary/aromatic N) is 4. The molecule has 2 aromatic heterocycles. The number of imidazole rings is 1.